The Morgan fingerprint density at radius 3 is 3.00 bits per heavy atom. The highest BCUT2D eigenvalue weighted by atomic mass is 19.3. The molecule has 0 aromatic carbocycles. The molecule has 0 aromatic heterocycles. The number of nitrogens with zero attached hydrogens (tertiary/aromatic N) is 1. The number of ether oxygens (including phenoxy) is 1. The van der Waals surface area contributed by atoms with E-state index >= 15 is 0 Å². The Bertz CT molecular complexity index is 170. The second-order valence-corrected chi connectivity index (χ2v) is 3.89. The van der Waals surface area contributed by atoms with Gasteiger partial charge in [0.05, 0.1) is 6.61 Å². The first kappa shape index (κ1) is 12.8. The van der Waals surface area contributed by atoms with Crippen molar-refractivity contribution in [3.63, 3.8) is 0 Å². The molecule has 0 amide bonds. The van der Waals surface area contributed by atoms with Crippen LogP contribution < -0.4 is 5.32 Å². The number of likely N-dealkylation sites (N-methyl/N-ethyl adjacent to an activating group) is 1. The summed E-state index contributed by atoms with van der Waals surface area (Å²) in [5.41, 5.74) is 0. The summed E-state index contributed by atoms with van der Waals surface area (Å²) in [6.45, 7) is 2.76. The van der Waals surface area contributed by atoms with Gasteiger partial charge < -0.3 is 10.1 Å². The van der Waals surface area contributed by atoms with E-state index in [0.29, 0.717) is 12.6 Å². The van der Waals surface area contributed by atoms with E-state index in [1.54, 1.807) is 0 Å². The minimum absolute atomic E-state index is 0.404. The number of nitrogens with one attached hydrogen (secondary N) is 1. The third-order valence-corrected chi connectivity index (χ3v) is 2.71. The molecule has 0 radical (unpaired) electrons. The zero-order chi connectivity index (χ0) is 11.1. The Labute approximate surface area is 89.8 Å². The highest BCUT2D eigenvalue weighted by molar-refractivity contribution is 4.76. The molecule has 1 heterocycles. The zero-order valence-electron chi connectivity index (χ0n) is 9.22. The average molecular weight is 222 g/mol. The minimum atomic E-state index is -2.35. The van der Waals surface area contributed by atoms with E-state index in [-0.39, 0.29) is 0 Å². The van der Waals surface area contributed by atoms with Gasteiger partial charge in [0.15, 0.2) is 0 Å². The predicted octanol–water partition coefficient (Wildman–Crippen LogP) is 0.952. The Balaban J connectivity index is 2.05. The van der Waals surface area contributed by atoms with Gasteiger partial charge in [0, 0.05) is 19.1 Å². The molecule has 1 fully saturated rings. The fourth-order valence-corrected chi connectivity index (χ4v) is 1.86. The third kappa shape index (κ3) is 5.39. The summed E-state index contributed by atoms with van der Waals surface area (Å²) in [5.74, 6) is 0. The van der Waals surface area contributed by atoms with Crippen molar-refractivity contribution in [1.29, 1.82) is 0 Å². The van der Waals surface area contributed by atoms with Crippen LogP contribution in [0.25, 0.3) is 0 Å². The van der Waals surface area contributed by atoms with E-state index in [4.69, 9.17) is 4.74 Å². The quantitative estimate of drug-likeness (QED) is 0.677. The van der Waals surface area contributed by atoms with Crippen molar-refractivity contribution >= 4 is 0 Å². The number of rotatable bonds is 6. The highest BCUT2D eigenvalue weighted by Gasteiger charge is 2.17. The molecule has 1 aliphatic heterocycles. The minimum Gasteiger partial charge on any atom is -0.374 e. The molecule has 0 aromatic rings. The molecule has 1 atom stereocenters. The number of alkyl halides is 2. The van der Waals surface area contributed by atoms with Crippen molar-refractivity contribution in [3.8, 4) is 0 Å². The van der Waals surface area contributed by atoms with E-state index in [0.717, 1.165) is 19.6 Å². The van der Waals surface area contributed by atoms with Crippen molar-refractivity contribution in [2.45, 2.75) is 25.3 Å². The molecule has 1 unspecified atom stereocenters. The maximum Gasteiger partial charge on any atom is 0.261 e. The first-order valence-electron chi connectivity index (χ1n) is 5.48. The van der Waals surface area contributed by atoms with Crippen LogP contribution in [0.2, 0.25) is 0 Å². The maximum atomic E-state index is 11.8. The molecule has 5 heteroatoms. The molecule has 15 heavy (non-hydrogen) atoms. The van der Waals surface area contributed by atoms with Gasteiger partial charge in [-0.15, -0.1) is 0 Å². The molecule has 1 N–H and O–H groups in total. The smallest absolute Gasteiger partial charge is 0.261 e. The van der Waals surface area contributed by atoms with Gasteiger partial charge in [-0.25, -0.2) is 8.78 Å². The largest absolute Gasteiger partial charge is 0.374 e. The normalized spacial score (nSPS) is 23.6. The fourth-order valence-electron chi connectivity index (χ4n) is 1.86. The van der Waals surface area contributed by atoms with Crippen LogP contribution in [0, 0.1) is 0 Å². The van der Waals surface area contributed by atoms with Gasteiger partial charge in [0.2, 0.25) is 0 Å². The Morgan fingerprint density at radius 1 is 1.53 bits per heavy atom. The number of likely N-dealkylation sites (tertiary alicyclic amines) is 1. The molecule has 3 nitrogen and oxygen atoms in total. The summed E-state index contributed by atoms with van der Waals surface area (Å²) in [7, 11) is 1.96. The first-order valence-corrected chi connectivity index (χ1v) is 5.48. The lowest BCUT2D eigenvalue weighted by Crippen LogP contribution is -2.45. The average Bonchev–Trinajstić information content (AvgIpc) is 2.24. The van der Waals surface area contributed by atoms with Crippen molar-refractivity contribution in [2.75, 3.05) is 39.9 Å². The van der Waals surface area contributed by atoms with Crippen LogP contribution in [0.3, 0.4) is 0 Å². The lowest BCUT2D eigenvalue weighted by atomic mass is 10.1. The van der Waals surface area contributed by atoms with Gasteiger partial charge >= 0.3 is 0 Å². The van der Waals surface area contributed by atoms with Crippen molar-refractivity contribution in [3.05, 3.63) is 0 Å². The summed E-state index contributed by atoms with van der Waals surface area (Å²) < 4.78 is 28.4. The van der Waals surface area contributed by atoms with Crippen LogP contribution in [-0.2, 0) is 4.74 Å². The van der Waals surface area contributed by atoms with E-state index in [1.165, 1.54) is 12.8 Å². The lowest BCUT2D eigenvalue weighted by Gasteiger charge is -2.32. The number of hydrogen-bond donors (Lipinski definition) is 1. The summed E-state index contributed by atoms with van der Waals surface area (Å²) in [6, 6.07) is 0.536. The lowest BCUT2D eigenvalue weighted by molar-refractivity contribution is 0.00730. The molecular formula is C10H20F2N2O. The van der Waals surface area contributed by atoms with Crippen LogP contribution in [0.15, 0.2) is 0 Å². The Morgan fingerprint density at radius 2 is 2.33 bits per heavy atom. The van der Waals surface area contributed by atoms with Crippen molar-refractivity contribution < 1.29 is 13.5 Å². The van der Waals surface area contributed by atoms with Gasteiger partial charge in [-0.3, -0.25) is 4.90 Å². The summed E-state index contributed by atoms with van der Waals surface area (Å²) in [5, 5.41) is 3.24. The van der Waals surface area contributed by atoms with Crippen LogP contribution >= 0.6 is 0 Å². The van der Waals surface area contributed by atoms with Crippen LogP contribution in [0.1, 0.15) is 12.8 Å². The van der Waals surface area contributed by atoms with E-state index < -0.39 is 13.0 Å². The second kappa shape index (κ2) is 7.09. The standard InChI is InChI=1S/C10H20F2N2O/c1-13-9-3-2-4-14(7-9)5-6-15-8-10(11)12/h9-10,13H,2-8H2,1H3. The van der Waals surface area contributed by atoms with E-state index in [9.17, 15) is 8.78 Å². The molecule has 90 valence electrons. The van der Waals surface area contributed by atoms with E-state index in [2.05, 4.69) is 10.2 Å². The van der Waals surface area contributed by atoms with Crippen LogP contribution in [-0.4, -0.2) is 57.3 Å². The number of hydrogen-bond acceptors (Lipinski definition) is 3. The number of halogens is 2. The topological polar surface area (TPSA) is 24.5 Å². The van der Waals surface area contributed by atoms with E-state index in [1.807, 2.05) is 7.05 Å². The monoisotopic (exact) mass is 222 g/mol. The van der Waals surface area contributed by atoms with Crippen molar-refractivity contribution in [1.82, 2.24) is 10.2 Å². The van der Waals surface area contributed by atoms with Gasteiger partial charge in [-0.2, -0.15) is 0 Å². The van der Waals surface area contributed by atoms with Crippen LogP contribution in [0.5, 0.6) is 0 Å². The van der Waals surface area contributed by atoms with Gasteiger partial charge in [-0.1, -0.05) is 0 Å². The zero-order valence-corrected chi connectivity index (χ0v) is 9.22. The number of piperidine rings is 1. The molecule has 0 bridgehead atoms. The molecular weight excluding hydrogens is 202 g/mol. The Hall–Kier alpha value is -0.260. The van der Waals surface area contributed by atoms with Gasteiger partial charge in [0.1, 0.15) is 6.61 Å². The fraction of sp³-hybridized carbons (Fsp3) is 1.00. The molecule has 1 rings (SSSR count). The molecule has 1 saturated heterocycles. The predicted molar refractivity (Wildman–Crippen MR) is 55.3 cm³/mol. The third-order valence-electron chi connectivity index (χ3n) is 2.71. The van der Waals surface area contributed by atoms with Crippen molar-refractivity contribution in [2.24, 2.45) is 0 Å². The molecule has 0 saturated carbocycles. The summed E-state index contributed by atoms with van der Waals surface area (Å²) >= 11 is 0. The summed E-state index contributed by atoms with van der Waals surface area (Å²) in [4.78, 5) is 2.26. The van der Waals surface area contributed by atoms with Gasteiger partial charge in [0.25, 0.3) is 6.43 Å². The molecule has 0 spiro atoms. The van der Waals surface area contributed by atoms with Gasteiger partial charge in [-0.05, 0) is 26.4 Å². The SMILES string of the molecule is CNC1CCCN(CCOCC(F)F)C1. The highest BCUT2D eigenvalue weighted by Crippen LogP contribution is 2.09. The summed E-state index contributed by atoms with van der Waals surface area (Å²) in [6.07, 6.45) is 0.0158. The van der Waals surface area contributed by atoms with Crippen LogP contribution in [0.4, 0.5) is 8.78 Å². The first-order chi connectivity index (χ1) is 7.22. The molecule has 1 aliphatic rings. The Kier molecular flexibility index (Phi) is 6.05. The second-order valence-electron chi connectivity index (χ2n) is 3.89. The molecule has 0 aliphatic carbocycles. The maximum absolute atomic E-state index is 11.8.